The summed E-state index contributed by atoms with van der Waals surface area (Å²) < 4.78 is 26.8. The second kappa shape index (κ2) is 8.59. The topological polar surface area (TPSA) is 3.24 Å². The van der Waals surface area contributed by atoms with Gasteiger partial charge in [-0.05, 0) is 72.7 Å². The highest BCUT2D eigenvalue weighted by Crippen LogP contribution is 2.32. The van der Waals surface area contributed by atoms with Crippen LogP contribution in [0.5, 0.6) is 0 Å². The Morgan fingerprint density at radius 1 is 0.846 bits per heavy atom. The van der Waals surface area contributed by atoms with E-state index in [9.17, 15) is 8.78 Å². The van der Waals surface area contributed by atoms with Gasteiger partial charge < -0.3 is 4.90 Å². The van der Waals surface area contributed by atoms with Gasteiger partial charge in [0.2, 0.25) is 0 Å². The lowest BCUT2D eigenvalue weighted by atomic mass is 9.88. The normalized spacial score (nSPS) is 15.5. The van der Waals surface area contributed by atoms with Crippen LogP contribution >= 0.6 is 0 Å². The van der Waals surface area contributed by atoms with E-state index in [1.807, 2.05) is 24.3 Å². The average molecular weight is 355 g/mol. The third-order valence-electron chi connectivity index (χ3n) is 5.10. The van der Waals surface area contributed by atoms with Crippen molar-refractivity contribution in [1.82, 2.24) is 4.90 Å². The third kappa shape index (κ3) is 4.79. The highest BCUT2D eigenvalue weighted by atomic mass is 19.1. The van der Waals surface area contributed by atoms with E-state index in [4.69, 9.17) is 0 Å². The average Bonchev–Trinajstić information content (AvgIpc) is 2.64. The summed E-state index contributed by atoms with van der Waals surface area (Å²) in [6, 6.07) is 13.3. The van der Waals surface area contributed by atoms with Crippen molar-refractivity contribution in [3.63, 3.8) is 0 Å². The van der Waals surface area contributed by atoms with E-state index in [1.165, 1.54) is 36.3 Å². The summed E-state index contributed by atoms with van der Waals surface area (Å²) in [4.78, 5) is 2.52. The first-order valence-electron chi connectivity index (χ1n) is 9.49. The summed E-state index contributed by atoms with van der Waals surface area (Å²) in [6.07, 6.45) is 3.23. The second-order valence-corrected chi connectivity index (χ2v) is 7.52. The fourth-order valence-corrected chi connectivity index (χ4v) is 3.55. The van der Waals surface area contributed by atoms with Gasteiger partial charge in [0.15, 0.2) is 0 Å². The monoisotopic (exact) mass is 355 g/mol. The van der Waals surface area contributed by atoms with Crippen molar-refractivity contribution in [3.05, 3.63) is 76.9 Å². The Balaban J connectivity index is 1.87. The lowest BCUT2D eigenvalue weighted by Crippen LogP contribution is -2.32. The Hall–Kier alpha value is -2.00. The van der Waals surface area contributed by atoms with Gasteiger partial charge >= 0.3 is 0 Å². The van der Waals surface area contributed by atoms with Crippen molar-refractivity contribution in [1.29, 1.82) is 0 Å². The van der Waals surface area contributed by atoms with Crippen molar-refractivity contribution in [2.45, 2.75) is 33.1 Å². The number of hydrogen-bond acceptors (Lipinski definition) is 1. The molecule has 0 bridgehead atoms. The number of nitrogens with zero attached hydrogens (tertiary/aromatic N) is 1. The maximum atomic E-state index is 13.4. The number of piperidine rings is 1. The molecule has 26 heavy (non-hydrogen) atoms. The summed E-state index contributed by atoms with van der Waals surface area (Å²) in [6.45, 7) is 7.77. The van der Waals surface area contributed by atoms with Crippen molar-refractivity contribution in [3.8, 4) is 0 Å². The van der Waals surface area contributed by atoms with Gasteiger partial charge in [0.1, 0.15) is 11.6 Å². The van der Waals surface area contributed by atoms with E-state index in [0.29, 0.717) is 0 Å². The molecule has 1 saturated heterocycles. The van der Waals surface area contributed by atoms with Crippen LogP contribution in [0, 0.1) is 17.6 Å². The Bertz CT molecular complexity index is 687. The van der Waals surface area contributed by atoms with E-state index in [2.05, 4.69) is 18.7 Å². The Labute approximate surface area is 155 Å². The van der Waals surface area contributed by atoms with Crippen LogP contribution < -0.4 is 0 Å². The van der Waals surface area contributed by atoms with Crippen LogP contribution in [0.2, 0.25) is 0 Å². The molecule has 3 heteroatoms. The van der Waals surface area contributed by atoms with Crippen LogP contribution in [0.4, 0.5) is 8.78 Å². The van der Waals surface area contributed by atoms with Crippen LogP contribution in [0.25, 0.3) is 5.57 Å². The van der Waals surface area contributed by atoms with Gasteiger partial charge in [0.25, 0.3) is 0 Å². The van der Waals surface area contributed by atoms with Crippen molar-refractivity contribution < 1.29 is 8.78 Å². The van der Waals surface area contributed by atoms with E-state index in [0.717, 1.165) is 55.1 Å². The Morgan fingerprint density at radius 3 is 1.73 bits per heavy atom. The molecule has 1 heterocycles. The zero-order chi connectivity index (χ0) is 18.5. The quantitative estimate of drug-likeness (QED) is 0.644. The summed E-state index contributed by atoms with van der Waals surface area (Å²) in [7, 11) is 0. The summed E-state index contributed by atoms with van der Waals surface area (Å²) in [5, 5.41) is 0. The Kier molecular flexibility index (Phi) is 6.20. The smallest absolute Gasteiger partial charge is 0.123 e. The highest BCUT2D eigenvalue weighted by molar-refractivity contribution is 5.82. The second-order valence-electron chi connectivity index (χ2n) is 7.52. The van der Waals surface area contributed by atoms with Gasteiger partial charge in [-0.2, -0.15) is 0 Å². The molecule has 0 atom stereocenters. The molecule has 1 nitrogen and oxygen atoms in total. The lowest BCUT2D eigenvalue weighted by Gasteiger charge is -2.30. The zero-order valence-electron chi connectivity index (χ0n) is 15.6. The summed E-state index contributed by atoms with van der Waals surface area (Å²) in [5.41, 5.74) is 4.52. The largest absolute Gasteiger partial charge is 0.303 e. The Morgan fingerprint density at radius 2 is 1.31 bits per heavy atom. The molecule has 1 aliphatic rings. The van der Waals surface area contributed by atoms with E-state index >= 15 is 0 Å². The minimum Gasteiger partial charge on any atom is -0.303 e. The van der Waals surface area contributed by atoms with Crippen molar-refractivity contribution >= 4 is 5.57 Å². The molecule has 2 aromatic rings. The zero-order valence-corrected chi connectivity index (χ0v) is 15.6. The minimum atomic E-state index is -0.235. The van der Waals surface area contributed by atoms with Gasteiger partial charge in [-0.15, -0.1) is 0 Å². The van der Waals surface area contributed by atoms with Crippen molar-refractivity contribution in [2.24, 2.45) is 5.92 Å². The van der Waals surface area contributed by atoms with Gasteiger partial charge in [0.05, 0.1) is 0 Å². The SMILES string of the molecule is CC(C)CCN1CCC(=C(c2ccc(F)cc2)c2ccc(F)cc2)CC1. The van der Waals surface area contributed by atoms with Crippen LogP contribution in [0.1, 0.15) is 44.2 Å². The number of rotatable bonds is 5. The molecule has 0 radical (unpaired) electrons. The molecule has 0 amide bonds. The third-order valence-corrected chi connectivity index (χ3v) is 5.10. The molecule has 2 aromatic carbocycles. The first-order chi connectivity index (χ1) is 12.5. The van der Waals surface area contributed by atoms with Crippen LogP contribution in [0.15, 0.2) is 54.1 Å². The molecule has 1 fully saturated rings. The van der Waals surface area contributed by atoms with Crippen LogP contribution in [-0.4, -0.2) is 24.5 Å². The molecule has 3 rings (SSSR count). The maximum absolute atomic E-state index is 13.4. The van der Waals surface area contributed by atoms with Gasteiger partial charge in [-0.1, -0.05) is 43.7 Å². The fourth-order valence-electron chi connectivity index (χ4n) is 3.55. The first kappa shape index (κ1) is 18.8. The first-order valence-corrected chi connectivity index (χ1v) is 9.49. The van der Waals surface area contributed by atoms with E-state index < -0.39 is 0 Å². The van der Waals surface area contributed by atoms with Gasteiger partial charge in [0, 0.05) is 13.1 Å². The molecule has 138 valence electrons. The molecular formula is C23H27F2N. The standard InChI is InChI=1S/C23H27F2N/c1-17(2)11-14-26-15-12-20(13-16-26)23(18-3-7-21(24)8-4-18)19-5-9-22(25)10-6-19/h3-10,17H,11-16H2,1-2H3. The number of likely N-dealkylation sites (tertiary alicyclic amines) is 1. The molecule has 1 aliphatic heterocycles. The molecule has 0 N–H and O–H groups in total. The van der Waals surface area contributed by atoms with Gasteiger partial charge in [-0.25, -0.2) is 8.78 Å². The van der Waals surface area contributed by atoms with Gasteiger partial charge in [-0.3, -0.25) is 0 Å². The predicted octanol–water partition coefficient (Wildman–Crippen LogP) is 5.91. The maximum Gasteiger partial charge on any atom is 0.123 e. The van der Waals surface area contributed by atoms with E-state index in [-0.39, 0.29) is 11.6 Å². The predicted molar refractivity (Wildman–Crippen MR) is 104 cm³/mol. The number of hydrogen-bond donors (Lipinski definition) is 0. The minimum absolute atomic E-state index is 0.235. The molecule has 0 aromatic heterocycles. The highest BCUT2D eigenvalue weighted by Gasteiger charge is 2.19. The number of benzene rings is 2. The molecule has 0 unspecified atom stereocenters. The molecule has 0 saturated carbocycles. The number of halogens is 2. The molecule has 0 aliphatic carbocycles. The van der Waals surface area contributed by atoms with Crippen LogP contribution in [-0.2, 0) is 0 Å². The molecule has 0 spiro atoms. The lowest BCUT2D eigenvalue weighted by molar-refractivity contribution is 0.242. The fraction of sp³-hybridized carbons (Fsp3) is 0.391. The van der Waals surface area contributed by atoms with Crippen LogP contribution in [0.3, 0.4) is 0 Å². The summed E-state index contributed by atoms with van der Waals surface area (Å²) in [5.74, 6) is 0.252. The molecular weight excluding hydrogens is 328 g/mol. The summed E-state index contributed by atoms with van der Waals surface area (Å²) >= 11 is 0. The van der Waals surface area contributed by atoms with E-state index in [1.54, 1.807) is 0 Å². The van der Waals surface area contributed by atoms with Crippen molar-refractivity contribution in [2.75, 3.05) is 19.6 Å².